The van der Waals surface area contributed by atoms with Gasteiger partial charge in [-0.3, -0.25) is 9.59 Å². The molecule has 4 aliphatic heterocycles. The number of carbonyl (C=O) groups excluding carboxylic acids is 2. The topological polar surface area (TPSA) is 340 Å². The van der Waals surface area contributed by atoms with Crippen molar-refractivity contribution in [1.29, 1.82) is 0 Å². The summed E-state index contributed by atoms with van der Waals surface area (Å²) >= 11 is 0. The average molecular weight is 971 g/mol. The predicted octanol–water partition coefficient (Wildman–Crippen LogP) is -2.45. The molecule has 0 bridgehead atoms. The van der Waals surface area contributed by atoms with Gasteiger partial charge in [0.2, 0.25) is 11.8 Å². The number of ether oxygens (including phenoxy) is 9. The van der Waals surface area contributed by atoms with Crippen LogP contribution in [-0.2, 0) is 52.3 Å². The number of nitrogens with one attached hydrogen (secondary N) is 2. The van der Waals surface area contributed by atoms with E-state index in [1.165, 1.54) is 13.8 Å². The highest BCUT2D eigenvalue weighted by Crippen LogP contribution is 2.38. The first-order valence-electron chi connectivity index (χ1n) is 22.7. The fourth-order valence-electron chi connectivity index (χ4n) is 9.14. The fourth-order valence-corrected chi connectivity index (χ4v) is 9.14. The molecule has 0 spiro atoms. The third-order valence-corrected chi connectivity index (χ3v) is 12.7. The number of carbonyl (C=O) groups is 3. The summed E-state index contributed by atoms with van der Waals surface area (Å²) in [5.74, 6) is -2.31. The van der Waals surface area contributed by atoms with Gasteiger partial charge in [0.05, 0.1) is 44.7 Å². The number of hydrogen-bond donors (Lipinski definition) is 11. The quantitative estimate of drug-likeness (QED) is 0.0686. The molecule has 0 aromatic heterocycles. The van der Waals surface area contributed by atoms with E-state index in [4.69, 9.17) is 42.6 Å². The second-order valence-electron chi connectivity index (χ2n) is 17.8. The molecule has 23 heteroatoms. The zero-order chi connectivity index (χ0) is 49.6. The van der Waals surface area contributed by atoms with Gasteiger partial charge in [0, 0.05) is 25.0 Å². The molecular formula is C45H66N2O21. The molecule has 68 heavy (non-hydrogen) atoms. The number of aliphatic hydroxyl groups excluding tert-OH is 8. The van der Waals surface area contributed by atoms with Crippen molar-refractivity contribution >= 4 is 23.9 Å². The molecule has 1 aliphatic carbocycles. The molecule has 20 atom stereocenters. The molecule has 4 heterocycles. The SMILES string of the molecule is C=C1Oc2ccccc2C=C1COC1C(O)[C@@H](OCC2C[C@@H](NC(C)=O)C(O[C@@H]3OC(C)[C@@H](O)[C@H](O)C3O)[C@H](O[C@@H]3OC(CO)[C@H](O)C(O[C@@H](CCC)C(=O)O)C3NC(C)=O)C2)O[C@H](CO)[C@H]1O. The number of amides is 2. The zero-order valence-corrected chi connectivity index (χ0v) is 38.2. The van der Waals surface area contributed by atoms with Crippen LogP contribution in [0.2, 0.25) is 0 Å². The van der Waals surface area contributed by atoms with E-state index in [1.54, 1.807) is 19.1 Å². The Labute approximate surface area is 392 Å². The molecule has 2 amide bonds. The number of fused-ring (bicyclic) bond motifs is 1. The summed E-state index contributed by atoms with van der Waals surface area (Å²) in [4.78, 5) is 37.8. The number of para-hydroxylation sites is 1. The molecule has 23 nitrogen and oxygen atoms in total. The highest BCUT2D eigenvalue weighted by Gasteiger charge is 2.53. The molecule has 382 valence electrons. The molecule has 4 fully saturated rings. The molecule has 6 rings (SSSR count). The van der Waals surface area contributed by atoms with Crippen LogP contribution < -0.4 is 15.4 Å². The number of aliphatic hydroxyl groups is 8. The Morgan fingerprint density at radius 2 is 1.44 bits per heavy atom. The Kier molecular flexibility index (Phi) is 18.9. The van der Waals surface area contributed by atoms with Crippen molar-refractivity contribution in [2.45, 2.75) is 170 Å². The van der Waals surface area contributed by atoms with Crippen LogP contribution in [0.4, 0.5) is 0 Å². The summed E-state index contributed by atoms with van der Waals surface area (Å²) in [6.45, 7) is 7.61. The van der Waals surface area contributed by atoms with Crippen LogP contribution >= 0.6 is 0 Å². The van der Waals surface area contributed by atoms with Crippen LogP contribution in [0.5, 0.6) is 5.75 Å². The first kappa shape index (κ1) is 53.6. The summed E-state index contributed by atoms with van der Waals surface area (Å²) in [6, 6.07) is 4.79. The van der Waals surface area contributed by atoms with Crippen LogP contribution in [0, 0.1) is 5.92 Å². The lowest BCUT2D eigenvalue weighted by atomic mass is 9.81. The van der Waals surface area contributed by atoms with E-state index in [0.29, 0.717) is 23.5 Å². The zero-order valence-electron chi connectivity index (χ0n) is 38.2. The molecule has 5 aliphatic rings. The van der Waals surface area contributed by atoms with Crippen LogP contribution in [0.1, 0.15) is 58.9 Å². The number of aliphatic carboxylic acids is 1. The minimum atomic E-state index is -1.80. The van der Waals surface area contributed by atoms with E-state index in [9.17, 15) is 60.3 Å². The van der Waals surface area contributed by atoms with Gasteiger partial charge < -0.3 is 99.2 Å². The highest BCUT2D eigenvalue weighted by atomic mass is 16.7. The van der Waals surface area contributed by atoms with Crippen LogP contribution in [0.25, 0.3) is 6.08 Å². The van der Waals surface area contributed by atoms with Crippen molar-refractivity contribution in [3.63, 3.8) is 0 Å². The van der Waals surface area contributed by atoms with Crippen molar-refractivity contribution in [1.82, 2.24) is 10.6 Å². The van der Waals surface area contributed by atoms with Gasteiger partial charge in [-0.05, 0) is 44.2 Å². The second-order valence-corrected chi connectivity index (χ2v) is 17.8. The Balaban J connectivity index is 1.28. The molecule has 3 saturated heterocycles. The summed E-state index contributed by atoms with van der Waals surface area (Å²) in [6.07, 6.45) is -23.0. The first-order chi connectivity index (χ1) is 32.3. The Morgan fingerprint density at radius 3 is 2.09 bits per heavy atom. The number of hydrogen-bond acceptors (Lipinski definition) is 20. The van der Waals surface area contributed by atoms with E-state index in [-0.39, 0.29) is 32.5 Å². The molecule has 1 aromatic carbocycles. The van der Waals surface area contributed by atoms with Gasteiger partial charge in [-0.1, -0.05) is 38.1 Å². The molecule has 0 radical (unpaired) electrons. The van der Waals surface area contributed by atoms with Gasteiger partial charge in [-0.25, -0.2) is 4.79 Å². The van der Waals surface area contributed by atoms with Crippen molar-refractivity contribution in [2.24, 2.45) is 5.92 Å². The van der Waals surface area contributed by atoms with Crippen molar-refractivity contribution in [2.75, 3.05) is 26.4 Å². The summed E-state index contributed by atoms with van der Waals surface area (Å²) in [5.41, 5.74) is 1.28. The lowest BCUT2D eigenvalue weighted by Gasteiger charge is -2.49. The normalized spacial score (nSPS) is 38.9. The fraction of sp³-hybridized carbons (Fsp3) is 0.711. The maximum absolute atomic E-state index is 12.8. The van der Waals surface area contributed by atoms with Crippen LogP contribution in [0.3, 0.4) is 0 Å². The Morgan fingerprint density at radius 1 is 0.779 bits per heavy atom. The molecular weight excluding hydrogens is 904 g/mol. The Hall–Kier alpha value is -3.73. The number of benzene rings is 1. The molecule has 9 unspecified atom stereocenters. The minimum Gasteiger partial charge on any atom is -0.479 e. The summed E-state index contributed by atoms with van der Waals surface area (Å²) < 4.78 is 54.5. The molecule has 1 saturated carbocycles. The summed E-state index contributed by atoms with van der Waals surface area (Å²) in [5, 5.41) is 102. The van der Waals surface area contributed by atoms with Crippen molar-refractivity contribution in [3.8, 4) is 5.75 Å². The smallest absolute Gasteiger partial charge is 0.332 e. The van der Waals surface area contributed by atoms with Gasteiger partial charge >= 0.3 is 5.97 Å². The number of rotatable bonds is 19. The van der Waals surface area contributed by atoms with Gasteiger partial charge in [-0.15, -0.1) is 0 Å². The Bertz CT molecular complexity index is 1910. The largest absolute Gasteiger partial charge is 0.479 e. The van der Waals surface area contributed by atoms with E-state index >= 15 is 0 Å². The highest BCUT2D eigenvalue weighted by molar-refractivity contribution is 5.74. The van der Waals surface area contributed by atoms with Gasteiger partial charge in [0.1, 0.15) is 84.7 Å². The summed E-state index contributed by atoms with van der Waals surface area (Å²) in [7, 11) is 0. The van der Waals surface area contributed by atoms with Crippen LogP contribution in [0.15, 0.2) is 42.2 Å². The van der Waals surface area contributed by atoms with Crippen molar-refractivity contribution in [3.05, 3.63) is 47.7 Å². The van der Waals surface area contributed by atoms with E-state index in [0.717, 1.165) is 12.5 Å². The van der Waals surface area contributed by atoms with E-state index < -0.39 is 153 Å². The third-order valence-electron chi connectivity index (χ3n) is 12.7. The maximum Gasteiger partial charge on any atom is 0.332 e. The van der Waals surface area contributed by atoms with Crippen LogP contribution in [-0.4, -0.2) is 207 Å². The standard InChI is InChI=1S/C45H66N2O21/c1-6-9-28(42(58)59)64-40-32(47-22(5)51)43(66-30(15-48)34(40)53)65-29-13-23(12-26(46-21(4)50)39(29)68-45-37(56)36(55)33(52)20(3)63-45)17-61-44-38(57)41(35(54)31(16-49)67-44)60-18-25-14-24-10-7-8-11-27(24)62-19(25)2/h7-8,10-11,14,20,23,26,28-41,43-45,48-49,52-57H,2,6,9,12-13,15-18H2,1,3-5H3,(H,46,50)(H,47,51)(H,58,59)/t20?,23?,26-,28+,29-,30?,31-,32?,33-,34+,35-,36+,37?,38?,39?,40?,41?,43-,44+,45+/m1/s1. The van der Waals surface area contributed by atoms with Gasteiger partial charge in [-0.2, -0.15) is 0 Å². The number of carboxylic acids is 1. The molecule has 11 N–H and O–H groups in total. The first-order valence-corrected chi connectivity index (χ1v) is 22.7. The van der Waals surface area contributed by atoms with Gasteiger partial charge in [0.15, 0.2) is 25.0 Å². The van der Waals surface area contributed by atoms with E-state index in [1.807, 2.05) is 18.2 Å². The molecule has 1 aromatic rings. The lowest BCUT2D eigenvalue weighted by molar-refractivity contribution is -0.337. The van der Waals surface area contributed by atoms with E-state index in [2.05, 4.69) is 17.2 Å². The minimum absolute atomic E-state index is 0.0188. The predicted molar refractivity (Wildman–Crippen MR) is 231 cm³/mol. The number of carboxylic acid groups (broad SMARTS) is 1. The average Bonchev–Trinajstić information content (AvgIpc) is 3.29. The monoisotopic (exact) mass is 970 g/mol. The third kappa shape index (κ3) is 12.6. The van der Waals surface area contributed by atoms with Gasteiger partial charge in [0.25, 0.3) is 0 Å². The lowest BCUT2D eigenvalue weighted by Crippen LogP contribution is -2.68. The maximum atomic E-state index is 12.8. The second kappa shape index (κ2) is 23.9. The van der Waals surface area contributed by atoms with Crippen molar-refractivity contribution < 1.29 is 103 Å².